The first-order chi connectivity index (χ1) is 13.2. The number of para-hydroxylation sites is 3. The predicted molar refractivity (Wildman–Crippen MR) is 100 cm³/mol. The minimum absolute atomic E-state index is 0.0582. The highest BCUT2D eigenvalue weighted by Gasteiger charge is 2.27. The van der Waals surface area contributed by atoms with E-state index in [1.54, 1.807) is 11.9 Å². The fourth-order valence-corrected chi connectivity index (χ4v) is 3.25. The fraction of sp³-hybridized carbons (Fsp3) is 0.211. The second-order valence-corrected chi connectivity index (χ2v) is 6.77. The van der Waals surface area contributed by atoms with Gasteiger partial charge in [0.25, 0.3) is 11.1 Å². The van der Waals surface area contributed by atoms with Crippen LogP contribution >= 0.6 is 11.8 Å². The number of amides is 1. The topological polar surface area (TPSA) is 77.7 Å². The zero-order chi connectivity index (χ0) is 18.6. The van der Waals surface area contributed by atoms with Crippen LogP contribution in [0.15, 0.2) is 64.2 Å². The van der Waals surface area contributed by atoms with Gasteiger partial charge in [0.1, 0.15) is 6.61 Å². The summed E-state index contributed by atoms with van der Waals surface area (Å²) in [5.41, 5.74) is 0.834. The molecule has 1 aliphatic heterocycles. The third kappa shape index (κ3) is 3.90. The van der Waals surface area contributed by atoms with Gasteiger partial charge in [-0.3, -0.25) is 4.79 Å². The van der Waals surface area contributed by atoms with Gasteiger partial charge in [0.15, 0.2) is 11.5 Å². The van der Waals surface area contributed by atoms with E-state index in [9.17, 15) is 4.79 Å². The summed E-state index contributed by atoms with van der Waals surface area (Å²) in [4.78, 5) is 13.9. The third-order valence-corrected chi connectivity index (χ3v) is 4.85. The molecule has 4 rings (SSSR count). The highest BCUT2D eigenvalue weighted by Crippen LogP contribution is 2.35. The number of hydrogen-bond acceptors (Lipinski definition) is 7. The van der Waals surface area contributed by atoms with Crippen molar-refractivity contribution in [2.24, 2.45) is 0 Å². The summed E-state index contributed by atoms with van der Waals surface area (Å²) >= 11 is 1.19. The number of benzene rings is 2. The molecule has 0 saturated heterocycles. The van der Waals surface area contributed by atoms with Crippen molar-refractivity contribution in [3.05, 3.63) is 60.5 Å². The lowest BCUT2D eigenvalue weighted by molar-refractivity contribution is -0.115. The van der Waals surface area contributed by atoms with Gasteiger partial charge in [-0.05, 0) is 24.3 Å². The van der Waals surface area contributed by atoms with Gasteiger partial charge in [0.2, 0.25) is 12.0 Å². The van der Waals surface area contributed by atoms with E-state index in [-0.39, 0.29) is 11.7 Å². The zero-order valence-corrected chi connectivity index (χ0v) is 15.4. The number of carbonyl (C=O) groups excluding carboxylic acids is 1. The maximum atomic E-state index is 12.3. The standard InChI is InChI=1S/C19H17N3O4S/c1-22(13-7-3-2-4-8-13)17(23)12-27-19-21-20-18(26-19)16-11-24-14-9-5-6-10-15(14)25-16/h2-10,16H,11-12H2,1H3/t16-/m1/s1. The molecule has 27 heavy (non-hydrogen) atoms. The summed E-state index contributed by atoms with van der Waals surface area (Å²) < 4.78 is 17.1. The molecule has 0 bridgehead atoms. The minimum Gasteiger partial charge on any atom is -0.485 e. The second-order valence-electron chi connectivity index (χ2n) is 5.85. The molecule has 3 aromatic rings. The molecule has 0 radical (unpaired) electrons. The van der Waals surface area contributed by atoms with E-state index in [1.165, 1.54) is 11.8 Å². The molecular weight excluding hydrogens is 366 g/mol. The lowest BCUT2D eigenvalue weighted by atomic mass is 10.2. The highest BCUT2D eigenvalue weighted by molar-refractivity contribution is 7.99. The number of ether oxygens (including phenoxy) is 2. The zero-order valence-electron chi connectivity index (χ0n) is 14.6. The Morgan fingerprint density at radius 3 is 2.67 bits per heavy atom. The Kier molecular flexibility index (Phi) is 4.97. The Balaban J connectivity index is 1.35. The summed E-state index contributed by atoms with van der Waals surface area (Å²) in [5.74, 6) is 1.80. The molecule has 0 saturated carbocycles. The van der Waals surface area contributed by atoms with E-state index in [0.29, 0.717) is 29.2 Å². The van der Waals surface area contributed by atoms with Crippen molar-refractivity contribution in [3.8, 4) is 11.5 Å². The van der Waals surface area contributed by atoms with Crippen molar-refractivity contribution in [2.75, 3.05) is 24.3 Å². The Labute approximate surface area is 160 Å². The largest absolute Gasteiger partial charge is 0.485 e. The number of fused-ring (bicyclic) bond motifs is 1. The minimum atomic E-state index is -0.468. The van der Waals surface area contributed by atoms with Crippen LogP contribution < -0.4 is 14.4 Å². The van der Waals surface area contributed by atoms with Crippen molar-refractivity contribution in [1.82, 2.24) is 10.2 Å². The van der Waals surface area contributed by atoms with Gasteiger partial charge in [-0.15, -0.1) is 10.2 Å². The Morgan fingerprint density at radius 1 is 1.11 bits per heavy atom. The van der Waals surface area contributed by atoms with E-state index in [1.807, 2.05) is 54.6 Å². The molecule has 0 unspecified atom stereocenters. The maximum Gasteiger partial charge on any atom is 0.277 e. The van der Waals surface area contributed by atoms with Crippen LogP contribution in [0.2, 0.25) is 0 Å². The number of carbonyl (C=O) groups is 1. The molecule has 2 heterocycles. The molecule has 1 amide bonds. The van der Waals surface area contributed by atoms with Gasteiger partial charge in [-0.1, -0.05) is 42.1 Å². The van der Waals surface area contributed by atoms with E-state index >= 15 is 0 Å². The third-order valence-electron chi connectivity index (χ3n) is 4.04. The normalized spacial score (nSPS) is 15.4. The number of nitrogens with zero attached hydrogens (tertiary/aromatic N) is 3. The van der Waals surface area contributed by atoms with Crippen LogP contribution in [0, 0.1) is 0 Å². The van der Waals surface area contributed by atoms with Gasteiger partial charge < -0.3 is 18.8 Å². The molecular formula is C19H17N3O4S. The molecule has 8 heteroatoms. The number of thioether (sulfide) groups is 1. The number of aromatic nitrogens is 2. The van der Waals surface area contributed by atoms with Crippen LogP contribution in [0.3, 0.4) is 0 Å². The van der Waals surface area contributed by atoms with E-state index in [0.717, 1.165) is 5.69 Å². The lowest BCUT2D eigenvalue weighted by Gasteiger charge is -2.23. The molecule has 0 spiro atoms. The second kappa shape index (κ2) is 7.71. The molecule has 1 aliphatic rings. The monoisotopic (exact) mass is 383 g/mol. The lowest BCUT2D eigenvalue weighted by Crippen LogP contribution is -2.27. The Bertz CT molecular complexity index is 931. The average Bonchev–Trinajstić information content (AvgIpc) is 3.21. The first-order valence-electron chi connectivity index (χ1n) is 8.37. The van der Waals surface area contributed by atoms with Gasteiger partial charge in [0, 0.05) is 12.7 Å². The van der Waals surface area contributed by atoms with Crippen molar-refractivity contribution in [3.63, 3.8) is 0 Å². The van der Waals surface area contributed by atoms with Gasteiger partial charge in [-0.2, -0.15) is 0 Å². The van der Waals surface area contributed by atoms with E-state index in [2.05, 4.69) is 10.2 Å². The number of hydrogen-bond donors (Lipinski definition) is 0. The van der Waals surface area contributed by atoms with Crippen LogP contribution in [-0.4, -0.2) is 35.5 Å². The SMILES string of the molecule is CN(C(=O)CSc1nnc([C@H]2COc3ccccc3O2)o1)c1ccccc1. The average molecular weight is 383 g/mol. The van der Waals surface area contributed by atoms with Crippen molar-refractivity contribution in [1.29, 1.82) is 0 Å². The Hall–Kier alpha value is -3.00. The Morgan fingerprint density at radius 2 is 1.85 bits per heavy atom. The molecule has 1 aromatic heterocycles. The summed E-state index contributed by atoms with van der Waals surface area (Å²) in [6, 6.07) is 16.9. The molecule has 7 nitrogen and oxygen atoms in total. The molecule has 138 valence electrons. The van der Waals surface area contributed by atoms with E-state index in [4.69, 9.17) is 13.9 Å². The quantitative estimate of drug-likeness (QED) is 0.625. The van der Waals surface area contributed by atoms with Crippen LogP contribution in [0.1, 0.15) is 12.0 Å². The maximum absolute atomic E-state index is 12.3. The first-order valence-corrected chi connectivity index (χ1v) is 9.35. The summed E-state index contributed by atoms with van der Waals surface area (Å²) in [5, 5.41) is 8.34. The van der Waals surface area contributed by atoms with Gasteiger partial charge >= 0.3 is 0 Å². The smallest absolute Gasteiger partial charge is 0.277 e. The summed E-state index contributed by atoms with van der Waals surface area (Å²) in [6.07, 6.45) is -0.468. The first kappa shape index (κ1) is 17.4. The molecule has 0 fully saturated rings. The van der Waals surface area contributed by atoms with Crippen LogP contribution in [0.5, 0.6) is 11.5 Å². The molecule has 0 aliphatic carbocycles. The van der Waals surface area contributed by atoms with Crippen LogP contribution in [0.4, 0.5) is 5.69 Å². The number of rotatable bonds is 5. The molecule has 0 N–H and O–H groups in total. The predicted octanol–water partition coefficient (Wildman–Crippen LogP) is 3.34. The van der Waals surface area contributed by atoms with Crippen molar-refractivity contribution >= 4 is 23.4 Å². The molecule has 1 atom stereocenters. The highest BCUT2D eigenvalue weighted by atomic mass is 32.2. The van der Waals surface area contributed by atoms with Gasteiger partial charge in [0.05, 0.1) is 5.75 Å². The van der Waals surface area contributed by atoms with E-state index < -0.39 is 6.10 Å². The van der Waals surface area contributed by atoms with Crippen molar-refractivity contribution < 1.29 is 18.7 Å². The van der Waals surface area contributed by atoms with Crippen LogP contribution in [-0.2, 0) is 4.79 Å². The van der Waals surface area contributed by atoms with Gasteiger partial charge in [-0.25, -0.2) is 0 Å². The van der Waals surface area contributed by atoms with Crippen LogP contribution in [0.25, 0.3) is 0 Å². The van der Waals surface area contributed by atoms with Crippen molar-refractivity contribution in [2.45, 2.75) is 11.3 Å². The fourth-order valence-electron chi connectivity index (χ4n) is 2.57. The summed E-state index contributed by atoms with van der Waals surface area (Å²) in [6.45, 7) is 0.291. The summed E-state index contributed by atoms with van der Waals surface area (Å²) in [7, 11) is 1.74. The number of anilines is 1. The molecule has 2 aromatic carbocycles.